The van der Waals surface area contributed by atoms with Crippen LogP contribution in [0.5, 0.6) is 11.5 Å². The van der Waals surface area contributed by atoms with Crippen LogP contribution in [0.2, 0.25) is 0 Å². The highest BCUT2D eigenvalue weighted by Crippen LogP contribution is 2.30. The maximum Gasteiger partial charge on any atom is 0.251 e. The number of hydrogen-bond acceptors (Lipinski definition) is 4. The molecule has 0 heterocycles. The summed E-state index contributed by atoms with van der Waals surface area (Å²) in [6.45, 7) is 3.18. The summed E-state index contributed by atoms with van der Waals surface area (Å²) in [5.74, 6) is 1.23. The summed E-state index contributed by atoms with van der Waals surface area (Å²) in [7, 11) is 1.57. The summed E-state index contributed by atoms with van der Waals surface area (Å²) >= 11 is 0. The van der Waals surface area contributed by atoms with Crippen molar-refractivity contribution in [2.75, 3.05) is 19.0 Å². The number of unbranched alkanes of at least 4 members (excludes halogenated alkanes) is 3. The second kappa shape index (κ2) is 11.4. The normalized spacial score (nSPS) is 12.8. The van der Waals surface area contributed by atoms with Crippen molar-refractivity contribution in [2.24, 2.45) is 5.92 Å². The first-order valence-corrected chi connectivity index (χ1v) is 11.1. The van der Waals surface area contributed by atoms with Crippen LogP contribution >= 0.6 is 0 Å². The molecule has 0 aliphatic heterocycles. The Bertz CT molecular complexity index is 893. The van der Waals surface area contributed by atoms with Crippen molar-refractivity contribution in [1.29, 1.82) is 0 Å². The Kier molecular flexibility index (Phi) is 8.33. The van der Waals surface area contributed by atoms with Crippen LogP contribution in [0.3, 0.4) is 0 Å². The van der Waals surface area contributed by atoms with Gasteiger partial charge in [-0.05, 0) is 55.2 Å². The minimum absolute atomic E-state index is 0.0703. The van der Waals surface area contributed by atoms with Crippen LogP contribution < -0.4 is 20.1 Å². The summed E-state index contributed by atoms with van der Waals surface area (Å²) in [4.78, 5) is 24.5. The minimum atomic E-state index is -0.194. The standard InChI is InChI=1S/C25H32N2O4/c1-3-4-5-6-14-31-22-13-12-20(16-23(22)30-2)24(28)26-17-18-8-7-9-21(15-18)27-25(29)19-10-11-19/h7-9,12-13,15-16,19H,3-6,10-11,14,17H2,1-2H3,(H,26,28)(H,27,29). The fourth-order valence-electron chi connectivity index (χ4n) is 3.27. The third kappa shape index (κ3) is 7.02. The van der Waals surface area contributed by atoms with E-state index < -0.39 is 0 Å². The molecule has 2 N–H and O–H groups in total. The molecule has 0 radical (unpaired) electrons. The Labute approximate surface area is 184 Å². The molecule has 2 amide bonds. The number of ether oxygens (including phenoxy) is 2. The highest BCUT2D eigenvalue weighted by atomic mass is 16.5. The summed E-state index contributed by atoms with van der Waals surface area (Å²) in [6, 6.07) is 12.8. The van der Waals surface area contributed by atoms with E-state index in [0.717, 1.165) is 36.9 Å². The first-order chi connectivity index (χ1) is 15.1. The smallest absolute Gasteiger partial charge is 0.251 e. The van der Waals surface area contributed by atoms with Crippen molar-refractivity contribution >= 4 is 17.5 Å². The molecule has 0 saturated heterocycles. The Morgan fingerprint density at radius 3 is 2.61 bits per heavy atom. The maximum atomic E-state index is 12.6. The van der Waals surface area contributed by atoms with E-state index >= 15 is 0 Å². The van der Waals surface area contributed by atoms with E-state index in [9.17, 15) is 9.59 Å². The third-order valence-electron chi connectivity index (χ3n) is 5.28. The molecule has 2 aromatic rings. The van der Waals surface area contributed by atoms with Crippen LogP contribution in [-0.2, 0) is 11.3 Å². The van der Waals surface area contributed by atoms with Crippen molar-refractivity contribution in [3.05, 3.63) is 53.6 Å². The van der Waals surface area contributed by atoms with Gasteiger partial charge in [-0.25, -0.2) is 0 Å². The lowest BCUT2D eigenvalue weighted by Crippen LogP contribution is -2.23. The lowest BCUT2D eigenvalue weighted by atomic mass is 10.1. The molecule has 6 nitrogen and oxygen atoms in total. The first kappa shape index (κ1) is 22.7. The number of rotatable bonds is 12. The molecular formula is C25H32N2O4. The Morgan fingerprint density at radius 1 is 1.03 bits per heavy atom. The summed E-state index contributed by atoms with van der Waals surface area (Å²) in [5.41, 5.74) is 2.18. The van der Waals surface area contributed by atoms with Crippen molar-refractivity contribution in [3.8, 4) is 11.5 Å². The van der Waals surface area contributed by atoms with Gasteiger partial charge >= 0.3 is 0 Å². The van der Waals surface area contributed by atoms with Crippen LogP contribution in [0, 0.1) is 5.92 Å². The predicted octanol–water partition coefficient (Wildman–Crippen LogP) is 4.93. The third-order valence-corrected chi connectivity index (χ3v) is 5.28. The van der Waals surface area contributed by atoms with Gasteiger partial charge in [-0.15, -0.1) is 0 Å². The summed E-state index contributed by atoms with van der Waals surface area (Å²) < 4.78 is 11.2. The molecule has 3 rings (SSSR count). The van der Waals surface area contributed by atoms with E-state index in [4.69, 9.17) is 9.47 Å². The topological polar surface area (TPSA) is 76.7 Å². The lowest BCUT2D eigenvalue weighted by Gasteiger charge is -2.13. The number of anilines is 1. The van der Waals surface area contributed by atoms with Gasteiger partial charge in [-0.2, -0.15) is 0 Å². The fraction of sp³-hybridized carbons (Fsp3) is 0.440. The zero-order valence-corrected chi connectivity index (χ0v) is 18.4. The van der Waals surface area contributed by atoms with Crippen molar-refractivity contribution < 1.29 is 19.1 Å². The monoisotopic (exact) mass is 424 g/mol. The largest absolute Gasteiger partial charge is 0.493 e. The zero-order valence-electron chi connectivity index (χ0n) is 18.4. The second-order valence-electron chi connectivity index (χ2n) is 7.92. The van der Waals surface area contributed by atoms with Gasteiger partial charge < -0.3 is 20.1 Å². The van der Waals surface area contributed by atoms with Crippen LogP contribution in [0.1, 0.15) is 61.4 Å². The highest BCUT2D eigenvalue weighted by molar-refractivity contribution is 5.95. The Balaban J connectivity index is 1.53. The SMILES string of the molecule is CCCCCCOc1ccc(C(=O)NCc2cccc(NC(=O)C3CC3)c2)cc1OC. The first-order valence-electron chi connectivity index (χ1n) is 11.1. The van der Waals surface area contributed by atoms with E-state index in [1.807, 2.05) is 24.3 Å². The number of carbonyl (C=O) groups is 2. The van der Waals surface area contributed by atoms with Gasteiger partial charge in [0.05, 0.1) is 13.7 Å². The summed E-state index contributed by atoms with van der Waals surface area (Å²) in [5, 5.41) is 5.85. The number of amides is 2. The lowest BCUT2D eigenvalue weighted by molar-refractivity contribution is -0.117. The van der Waals surface area contributed by atoms with E-state index in [1.54, 1.807) is 25.3 Å². The molecule has 0 aromatic heterocycles. The van der Waals surface area contributed by atoms with E-state index in [-0.39, 0.29) is 17.7 Å². The van der Waals surface area contributed by atoms with Gasteiger partial charge in [0.1, 0.15) is 0 Å². The van der Waals surface area contributed by atoms with Crippen LogP contribution in [0.25, 0.3) is 0 Å². The van der Waals surface area contributed by atoms with Crippen molar-refractivity contribution in [2.45, 2.75) is 52.0 Å². The van der Waals surface area contributed by atoms with E-state index in [1.165, 1.54) is 12.8 Å². The fourth-order valence-corrected chi connectivity index (χ4v) is 3.27. The number of carbonyl (C=O) groups excluding carboxylic acids is 2. The molecule has 31 heavy (non-hydrogen) atoms. The van der Waals surface area contributed by atoms with Crippen molar-refractivity contribution in [3.63, 3.8) is 0 Å². The molecule has 166 valence electrons. The van der Waals surface area contributed by atoms with Gasteiger partial charge in [0.2, 0.25) is 5.91 Å². The van der Waals surface area contributed by atoms with E-state index in [0.29, 0.717) is 30.2 Å². The van der Waals surface area contributed by atoms with Gasteiger partial charge in [-0.3, -0.25) is 9.59 Å². The molecule has 6 heteroatoms. The molecular weight excluding hydrogens is 392 g/mol. The van der Waals surface area contributed by atoms with Gasteiger partial charge in [0.25, 0.3) is 5.91 Å². The average Bonchev–Trinajstić information content (AvgIpc) is 3.63. The van der Waals surface area contributed by atoms with Crippen molar-refractivity contribution in [1.82, 2.24) is 5.32 Å². The molecule has 0 spiro atoms. The zero-order chi connectivity index (χ0) is 22.1. The van der Waals surface area contributed by atoms with Gasteiger partial charge in [0.15, 0.2) is 11.5 Å². The quantitative estimate of drug-likeness (QED) is 0.474. The molecule has 0 bridgehead atoms. The van der Waals surface area contributed by atoms with Crippen LogP contribution in [0.15, 0.2) is 42.5 Å². The van der Waals surface area contributed by atoms with Crippen LogP contribution in [0.4, 0.5) is 5.69 Å². The average molecular weight is 425 g/mol. The number of hydrogen-bond donors (Lipinski definition) is 2. The molecule has 0 unspecified atom stereocenters. The molecule has 1 saturated carbocycles. The Hall–Kier alpha value is -3.02. The number of methoxy groups -OCH3 is 1. The molecule has 1 aliphatic carbocycles. The predicted molar refractivity (Wildman–Crippen MR) is 122 cm³/mol. The van der Waals surface area contributed by atoms with E-state index in [2.05, 4.69) is 17.6 Å². The number of nitrogens with one attached hydrogen (secondary N) is 2. The molecule has 2 aromatic carbocycles. The molecule has 1 aliphatic rings. The van der Waals surface area contributed by atoms with Gasteiger partial charge in [0, 0.05) is 23.7 Å². The Morgan fingerprint density at radius 2 is 1.87 bits per heavy atom. The molecule has 1 fully saturated rings. The highest BCUT2D eigenvalue weighted by Gasteiger charge is 2.29. The maximum absolute atomic E-state index is 12.6. The summed E-state index contributed by atoms with van der Waals surface area (Å²) in [6.07, 6.45) is 6.47. The van der Waals surface area contributed by atoms with Crippen LogP contribution in [-0.4, -0.2) is 25.5 Å². The van der Waals surface area contributed by atoms with Gasteiger partial charge in [-0.1, -0.05) is 38.3 Å². The minimum Gasteiger partial charge on any atom is -0.493 e. The second-order valence-corrected chi connectivity index (χ2v) is 7.92. The number of benzene rings is 2. The molecule has 0 atom stereocenters.